The van der Waals surface area contributed by atoms with Gasteiger partial charge in [0.05, 0.1) is 22.8 Å². The number of nitrogens with one attached hydrogen (secondary N) is 1. The summed E-state index contributed by atoms with van der Waals surface area (Å²) in [5.74, 6) is -0.152. The SMILES string of the molecule is Cc1cc(C)n(-c2ccccc2NC(=O)c2sc(-c3ccsc3)nc2C)n1. The molecule has 0 radical (unpaired) electrons. The van der Waals surface area contributed by atoms with E-state index in [-0.39, 0.29) is 5.91 Å². The van der Waals surface area contributed by atoms with Crippen molar-refractivity contribution in [1.29, 1.82) is 0 Å². The molecule has 0 saturated carbocycles. The van der Waals surface area contributed by atoms with E-state index in [1.807, 2.05) is 72.6 Å². The number of hydrogen-bond acceptors (Lipinski definition) is 5. The Hall–Kier alpha value is -2.77. The van der Waals surface area contributed by atoms with Crippen LogP contribution in [0.25, 0.3) is 16.3 Å². The molecule has 3 heterocycles. The number of thiazole rings is 1. The molecule has 0 unspecified atom stereocenters. The van der Waals surface area contributed by atoms with E-state index in [0.717, 1.165) is 39.0 Å². The summed E-state index contributed by atoms with van der Waals surface area (Å²) in [7, 11) is 0. The molecular weight excluding hydrogens is 376 g/mol. The molecule has 0 spiro atoms. The first-order chi connectivity index (χ1) is 13.0. The second-order valence-corrected chi connectivity index (χ2v) is 8.03. The van der Waals surface area contributed by atoms with Gasteiger partial charge in [0, 0.05) is 16.6 Å². The Balaban J connectivity index is 1.66. The molecule has 1 aromatic carbocycles. The zero-order chi connectivity index (χ0) is 19.0. The van der Waals surface area contributed by atoms with Crippen LogP contribution >= 0.6 is 22.7 Å². The van der Waals surface area contributed by atoms with Crippen LogP contribution in [0.3, 0.4) is 0 Å². The average molecular weight is 395 g/mol. The standard InChI is InChI=1S/C20H18N4OS2/c1-12-10-13(2)24(23-12)17-7-5-4-6-16(17)22-19(25)18-14(3)21-20(27-18)15-8-9-26-11-15/h4-11H,1-3H3,(H,22,25). The second-order valence-electron chi connectivity index (χ2n) is 6.26. The lowest BCUT2D eigenvalue weighted by Crippen LogP contribution is -2.14. The Morgan fingerprint density at radius 2 is 1.96 bits per heavy atom. The van der Waals surface area contributed by atoms with Crippen LogP contribution in [0.5, 0.6) is 0 Å². The van der Waals surface area contributed by atoms with Crippen molar-refractivity contribution in [2.75, 3.05) is 5.32 Å². The van der Waals surface area contributed by atoms with Gasteiger partial charge < -0.3 is 5.32 Å². The topological polar surface area (TPSA) is 59.8 Å². The molecule has 3 aromatic heterocycles. The lowest BCUT2D eigenvalue weighted by atomic mass is 10.2. The van der Waals surface area contributed by atoms with Crippen LogP contribution in [-0.4, -0.2) is 20.7 Å². The fourth-order valence-electron chi connectivity index (χ4n) is 2.93. The number of benzene rings is 1. The third-order valence-corrected chi connectivity index (χ3v) is 6.05. The minimum absolute atomic E-state index is 0.152. The molecule has 0 fully saturated rings. The first-order valence-corrected chi connectivity index (χ1v) is 10.2. The molecule has 5 nitrogen and oxygen atoms in total. The van der Waals surface area contributed by atoms with E-state index in [1.165, 1.54) is 11.3 Å². The Bertz CT molecular complexity index is 1110. The van der Waals surface area contributed by atoms with Crippen molar-refractivity contribution in [2.24, 2.45) is 0 Å². The molecule has 4 rings (SSSR count). The summed E-state index contributed by atoms with van der Waals surface area (Å²) < 4.78 is 1.85. The third kappa shape index (κ3) is 3.43. The number of aryl methyl sites for hydroxylation is 3. The number of rotatable bonds is 4. The fraction of sp³-hybridized carbons (Fsp3) is 0.150. The Kier molecular flexibility index (Phi) is 4.63. The molecule has 136 valence electrons. The van der Waals surface area contributed by atoms with E-state index in [2.05, 4.69) is 15.4 Å². The number of nitrogens with zero attached hydrogens (tertiary/aromatic N) is 3. The predicted molar refractivity (Wildman–Crippen MR) is 111 cm³/mol. The second kappa shape index (κ2) is 7.09. The number of hydrogen-bond donors (Lipinski definition) is 1. The highest BCUT2D eigenvalue weighted by Gasteiger charge is 2.18. The van der Waals surface area contributed by atoms with E-state index in [4.69, 9.17) is 0 Å². The highest BCUT2D eigenvalue weighted by atomic mass is 32.1. The maximum atomic E-state index is 12.9. The maximum absolute atomic E-state index is 12.9. The molecule has 0 bridgehead atoms. The molecule has 0 aliphatic heterocycles. The minimum atomic E-state index is -0.152. The highest BCUT2D eigenvalue weighted by molar-refractivity contribution is 7.17. The summed E-state index contributed by atoms with van der Waals surface area (Å²) in [5, 5.41) is 12.5. The zero-order valence-electron chi connectivity index (χ0n) is 15.2. The number of aromatic nitrogens is 3. The number of amides is 1. The van der Waals surface area contributed by atoms with Crippen LogP contribution < -0.4 is 5.32 Å². The summed E-state index contributed by atoms with van der Waals surface area (Å²) in [6, 6.07) is 11.7. The highest BCUT2D eigenvalue weighted by Crippen LogP contribution is 2.30. The van der Waals surface area contributed by atoms with E-state index in [9.17, 15) is 4.79 Å². The van der Waals surface area contributed by atoms with Crippen molar-refractivity contribution in [3.05, 3.63) is 69.1 Å². The van der Waals surface area contributed by atoms with Gasteiger partial charge in [-0.2, -0.15) is 16.4 Å². The third-order valence-electron chi connectivity index (χ3n) is 4.16. The predicted octanol–water partition coefficient (Wildman–Crippen LogP) is 5.23. The van der Waals surface area contributed by atoms with Crippen LogP contribution in [0, 0.1) is 20.8 Å². The van der Waals surface area contributed by atoms with Crippen LogP contribution in [0.2, 0.25) is 0 Å². The van der Waals surface area contributed by atoms with Crippen LogP contribution in [0.15, 0.2) is 47.2 Å². The number of thiophene rings is 1. The van der Waals surface area contributed by atoms with Crippen molar-refractivity contribution >= 4 is 34.3 Å². The zero-order valence-corrected chi connectivity index (χ0v) is 16.8. The van der Waals surface area contributed by atoms with Gasteiger partial charge in [-0.05, 0) is 50.4 Å². The van der Waals surface area contributed by atoms with Gasteiger partial charge in [-0.15, -0.1) is 11.3 Å². The Morgan fingerprint density at radius 3 is 2.67 bits per heavy atom. The smallest absolute Gasteiger partial charge is 0.267 e. The molecule has 0 aliphatic rings. The average Bonchev–Trinajstić information content (AvgIpc) is 3.35. The van der Waals surface area contributed by atoms with Gasteiger partial charge in [-0.1, -0.05) is 12.1 Å². The first-order valence-electron chi connectivity index (χ1n) is 8.47. The summed E-state index contributed by atoms with van der Waals surface area (Å²) in [4.78, 5) is 18.1. The van der Waals surface area contributed by atoms with Crippen molar-refractivity contribution in [3.63, 3.8) is 0 Å². The van der Waals surface area contributed by atoms with Crippen molar-refractivity contribution in [3.8, 4) is 16.3 Å². The van der Waals surface area contributed by atoms with E-state index < -0.39 is 0 Å². The van der Waals surface area contributed by atoms with Gasteiger partial charge >= 0.3 is 0 Å². The van der Waals surface area contributed by atoms with Gasteiger partial charge in [0.15, 0.2) is 0 Å². The van der Waals surface area contributed by atoms with Crippen molar-refractivity contribution < 1.29 is 4.79 Å². The fourth-order valence-corrected chi connectivity index (χ4v) is 4.61. The molecule has 1 amide bonds. The number of anilines is 1. The summed E-state index contributed by atoms with van der Waals surface area (Å²) >= 11 is 3.03. The first kappa shape index (κ1) is 17.6. The van der Waals surface area contributed by atoms with Gasteiger partial charge in [0.25, 0.3) is 5.91 Å². The lowest BCUT2D eigenvalue weighted by Gasteiger charge is -2.12. The normalized spacial score (nSPS) is 10.9. The van der Waals surface area contributed by atoms with Crippen LogP contribution in [-0.2, 0) is 0 Å². The maximum Gasteiger partial charge on any atom is 0.267 e. The molecule has 4 aromatic rings. The molecule has 7 heteroatoms. The molecule has 0 atom stereocenters. The van der Waals surface area contributed by atoms with Gasteiger partial charge in [0.2, 0.25) is 0 Å². The number of para-hydroxylation sites is 2. The summed E-state index contributed by atoms with van der Waals surface area (Å²) in [6.07, 6.45) is 0. The number of carbonyl (C=O) groups excluding carboxylic acids is 1. The Labute approximate surface area is 165 Å². The summed E-state index contributed by atoms with van der Waals surface area (Å²) in [6.45, 7) is 5.82. The monoisotopic (exact) mass is 394 g/mol. The minimum Gasteiger partial charge on any atom is -0.319 e. The molecular formula is C20H18N4OS2. The summed E-state index contributed by atoms with van der Waals surface area (Å²) in [5.41, 5.74) is 5.31. The quantitative estimate of drug-likeness (QED) is 0.515. The van der Waals surface area contributed by atoms with Crippen LogP contribution in [0.1, 0.15) is 26.8 Å². The van der Waals surface area contributed by atoms with Crippen molar-refractivity contribution in [2.45, 2.75) is 20.8 Å². The van der Waals surface area contributed by atoms with E-state index >= 15 is 0 Å². The van der Waals surface area contributed by atoms with Crippen LogP contribution in [0.4, 0.5) is 5.69 Å². The molecule has 0 aliphatic carbocycles. The van der Waals surface area contributed by atoms with E-state index in [0.29, 0.717) is 4.88 Å². The van der Waals surface area contributed by atoms with Gasteiger partial charge in [0.1, 0.15) is 9.88 Å². The van der Waals surface area contributed by atoms with Gasteiger partial charge in [-0.25, -0.2) is 9.67 Å². The van der Waals surface area contributed by atoms with E-state index in [1.54, 1.807) is 11.3 Å². The Morgan fingerprint density at radius 1 is 1.15 bits per heavy atom. The molecule has 0 saturated heterocycles. The molecule has 27 heavy (non-hydrogen) atoms. The number of carbonyl (C=O) groups is 1. The van der Waals surface area contributed by atoms with Gasteiger partial charge in [-0.3, -0.25) is 4.79 Å². The lowest BCUT2D eigenvalue weighted by molar-refractivity contribution is 0.103. The molecule has 1 N–H and O–H groups in total. The largest absolute Gasteiger partial charge is 0.319 e. The van der Waals surface area contributed by atoms with Crippen molar-refractivity contribution in [1.82, 2.24) is 14.8 Å².